The van der Waals surface area contributed by atoms with Crippen molar-refractivity contribution in [2.45, 2.75) is 26.1 Å². The summed E-state index contributed by atoms with van der Waals surface area (Å²) >= 11 is 0. The highest BCUT2D eigenvalue weighted by Gasteiger charge is 2.26. The normalized spacial score (nSPS) is 18.3. The molecular weight excluding hydrogens is 350 g/mol. The largest absolute Gasteiger partial charge is 0.361 e. The molecule has 4 rings (SSSR count). The van der Waals surface area contributed by atoms with Gasteiger partial charge in [0.25, 0.3) is 0 Å². The number of hydrogen-bond donors (Lipinski definition) is 2. The fourth-order valence-corrected chi connectivity index (χ4v) is 4.24. The van der Waals surface area contributed by atoms with Crippen LogP contribution in [0.1, 0.15) is 24.2 Å². The van der Waals surface area contributed by atoms with E-state index < -0.39 is 10.0 Å². The smallest absolute Gasteiger partial charge is 0.211 e. The SMILES string of the molecule is CCS(=O)(=O)NC[C@@H]1CN(Cc2cccc3[nH]ccc23)Cc2ccnn21. The molecule has 3 aromatic rings. The first-order valence-electron chi connectivity index (χ1n) is 8.83. The third kappa shape index (κ3) is 3.40. The first-order chi connectivity index (χ1) is 12.6. The van der Waals surface area contributed by atoms with Crippen LogP contribution < -0.4 is 4.72 Å². The molecule has 1 aromatic carbocycles. The van der Waals surface area contributed by atoms with Gasteiger partial charge in [0, 0.05) is 49.5 Å². The van der Waals surface area contributed by atoms with Crippen molar-refractivity contribution in [2.75, 3.05) is 18.8 Å². The predicted octanol–water partition coefficient (Wildman–Crippen LogP) is 1.86. The van der Waals surface area contributed by atoms with E-state index in [1.54, 1.807) is 13.1 Å². The summed E-state index contributed by atoms with van der Waals surface area (Å²) in [5.41, 5.74) is 3.51. The molecule has 2 aromatic heterocycles. The van der Waals surface area contributed by atoms with Gasteiger partial charge in [0.05, 0.1) is 17.5 Å². The topological polar surface area (TPSA) is 83.0 Å². The van der Waals surface area contributed by atoms with Crippen molar-refractivity contribution < 1.29 is 8.42 Å². The molecule has 0 aliphatic carbocycles. The van der Waals surface area contributed by atoms with Crippen LogP contribution >= 0.6 is 0 Å². The predicted molar refractivity (Wildman–Crippen MR) is 101 cm³/mol. The second-order valence-electron chi connectivity index (χ2n) is 6.70. The van der Waals surface area contributed by atoms with Gasteiger partial charge in [-0.3, -0.25) is 9.58 Å². The van der Waals surface area contributed by atoms with Gasteiger partial charge >= 0.3 is 0 Å². The molecule has 0 saturated heterocycles. The van der Waals surface area contributed by atoms with Crippen LogP contribution in [0.25, 0.3) is 10.9 Å². The van der Waals surface area contributed by atoms with E-state index in [2.05, 4.69) is 44.0 Å². The van der Waals surface area contributed by atoms with E-state index in [0.717, 1.165) is 30.8 Å². The van der Waals surface area contributed by atoms with E-state index in [0.29, 0.717) is 6.54 Å². The fourth-order valence-electron chi connectivity index (χ4n) is 3.59. The Balaban J connectivity index is 1.54. The molecule has 2 N–H and O–H groups in total. The van der Waals surface area contributed by atoms with Gasteiger partial charge in [-0.05, 0) is 30.7 Å². The zero-order valence-electron chi connectivity index (χ0n) is 14.7. The number of nitrogens with one attached hydrogen (secondary N) is 2. The molecule has 1 atom stereocenters. The number of aromatic nitrogens is 3. The van der Waals surface area contributed by atoms with Gasteiger partial charge in [0.2, 0.25) is 10.0 Å². The van der Waals surface area contributed by atoms with Crippen LogP contribution in [0, 0.1) is 0 Å². The highest BCUT2D eigenvalue weighted by atomic mass is 32.2. The summed E-state index contributed by atoms with van der Waals surface area (Å²) in [5, 5.41) is 5.63. The highest BCUT2D eigenvalue weighted by Crippen LogP contribution is 2.24. The van der Waals surface area contributed by atoms with E-state index >= 15 is 0 Å². The minimum Gasteiger partial charge on any atom is -0.361 e. The van der Waals surface area contributed by atoms with Crippen molar-refractivity contribution in [3.05, 3.63) is 54.0 Å². The second-order valence-corrected chi connectivity index (χ2v) is 8.79. The molecule has 0 fully saturated rings. The number of H-pyrrole nitrogens is 1. The lowest BCUT2D eigenvalue weighted by Crippen LogP contribution is -2.42. The number of hydrogen-bond acceptors (Lipinski definition) is 4. The maximum Gasteiger partial charge on any atom is 0.211 e. The van der Waals surface area contributed by atoms with Crippen molar-refractivity contribution in [1.29, 1.82) is 0 Å². The molecule has 1 aliphatic heterocycles. The van der Waals surface area contributed by atoms with E-state index in [4.69, 9.17) is 0 Å². The lowest BCUT2D eigenvalue weighted by molar-refractivity contribution is 0.168. The molecule has 7 nitrogen and oxygen atoms in total. The molecular formula is C18H23N5O2S. The molecule has 3 heterocycles. The molecule has 0 unspecified atom stereocenters. The van der Waals surface area contributed by atoms with Crippen molar-refractivity contribution in [1.82, 2.24) is 24.4 Å². The third-order valence-electron chi connectivity index (χ3n) is 4.95. The van der Waals surface area contributed by atoms with Crippen LogP contribution in [0.4, 0.5) is 0 Å². The third-order valence-corrected chi connectivity index (χ3v) is 6.32. The number of rotatable bonds is 6. The monoisotopic (exact) mass is 373 g/mol. The zero-order chi connectivity index (χ0) is 18.1. The fraction of sp³-hybridized carbons (Fsp3) is 0.389. The quantitative estimate of drug-likeness (QED) is 0.691. The van der Waals surface area contributed by atoms with Crippen LogP contribution in [-0.2, 0) is 23.1 Å². The molecule has 0 amide bonds. The Hall–Kier alpha value is -2.16. The van der Waals surface area contributed by atoms with Crippen LogP contribution in [0.5, 0.6) is 0 Å². The Bertz CT molecular complexity index is 1010. The van der Waals surface area contributed by atoms with Crippen molar-refractivity contribution in [2.24, 2.45) is 0 Å². The van der Waals surface area contributed by atoms with Crippen LogP contribution in [0.15, 0.2) is 42.7 Å². The lowest BCUT2D eigenvalue weighted by atomic mass is 10.1. The van der Waals surface area contributed by atoms with E-state index in [1.165, 1.54) is 10.9 Å². The Kier molecular flexibility index (Phi) is 4.56. The minimum atomic E-state index is -3.22. The van der Waals surface area contributed by atoms with Gasteiger partial charge < -0.3 is 4.98 Å². The summed E-state index contributed by atoms with van der Waals surface area (Å²) in [5.74, 6) is 0.0882. The van der Waals surface area contributed by atoms with Gasteiger partial charge in [-0.15, -0.1) is 0 Å². The van der Waals surface area contributed by atoms with Crippen molar-refractivity contribution >= 4 is 20.9 Å². The molecule has 26 heavy (non-hydrogen) atoms. The van der Waals surface area contributed by atoms with Gasteiger partial charge in [0.15, 0.2) is 0 Å². The highest BCUT2D eigenvalue weighted by molar-refractivity contribution is 7.89. The van der Waals surface area contributed by atoms with E-state index in [9.17, 15) is 8.42 Å². The van der Waals surface area contributed by atoms with Crippen molar-refractivity contribution in [3.63, 3.8) is 0 Å². The van der Waals surface area contributed by atoms with Gasteiger partial charge in [-0.1, -0.05) is 12.1 Å². The second kappa shape index (κ2) is 6.86. The molecule has 0 saturated carbocycles. The lowest BCUT2D eigenvalue weighted by Gasteiger charge is -2.34. The Labute approximate surface area is 153 Å². The number of sulfonamides is 1. The minimum absolute atomic E-state index is 0.0134. The Morgan fingerprint density at radius 1 is 1.31 bits per heavy atom. The van der Waals surface area contributed by atoms with Gasteiger partial charge in [0.1, 0.15) is 0 Å². The molecule has 138 valence electrons. The summed E-state index contributed by atoms with van der Waals surface area (Å²) in [6.45, 7) is 4.37. The number of benzene rings is 1. The summed E-state index contributed by atoms with van der Waals surface area (Å²) in [6, 6.07) is 10.4. The first kappa shape index (κ1) is 17.3. The summed E-state index contributed by atoms with van der Waals surface area (Å²) in [4.78, 5) is 5.60. The van der Waals surface area contributed by atoms with Crippen LogP contribution in [0.2, 0.25) is 0 Å². The molecule has 0 bridgehead atoms. The van der Waals surface area contributed by atoms with E-state index in [-0.39, 0.29) is 11.8 Å². The summed E-state index contributed by atoms with van der Waals surface area (Å²) in [6.07, 6.45) is 3.74. The van der Waals surface area contributed by atoms with Gasteiger partial charge in [-0.25, -0.2) is 13.1 Å². The van der Waals surface area contributed by atoms with Crippen LogP contribution in [0.3, 0.4) is 0 Å². The molecule has 8 heteroatoms. The first-order valence-corrected chi connectivity index (χ1v) is 10.5. The maximum atomic E-state index is 11.8. The Morgan fingerprint density at radius 3 is 3.04 bits per heavy atom. The van der Waals surface area contributed by atoms with E-state index in [1.807, 2.05) is 16.9 Å². The maximum absolute atomic E-state index is 11.8. The molecule has 0 spiro atoms. The molecule has 1 aliphatic rings. The average Bonchev–Trinajstić information content (AvgIpc) is 3.29. The standard InChI is InChI=1S/C18H23N5O2S/c1-2-26(24,25)21-10-16-13-22(12-15-6-9-20-23(15)16)11-14-4-3-5-18-17(14)7-8-19-18/h3-9,16,19,21H,2,10-13H2,1H3/t16-/m1/s1. The summed E-state index contributed by atoms with van der Waals surface area (Å²) < 4.78 is 28.3. The zero-order valence-corrected chi connectivity index (χ0v) is 15.5. The Morgan fingerprint density at radius 2 is 2.19 bits per heavy atom. The number of nitrogens with zero attached hydrogens (tertiary/aromatic N) is 3. The van der Waals surface area contributed by atoms with Gasteiger partial charge in [-0.2, -0.15) is 5.10 Å². The molecule has 0 radical (unpaired) electrons. The average molecular weight is 373 g/mol. The number of aromatic amines is 1. The van der Waals surface area contributed by atoms with Crippen LogP contribution in [-0.4, -0.2) is 46.9 Å². The number of fused-ring (bicyclic) bond motifs is 2. The summed E-state index contributed by atoms with van der Waals surface area (Å²) in [7, 11) is -3.22. The van der Waals surface area contributed by atoms with Crippen molar-refractivity contribution in [3.8, 4) is 0 Å².